The maximum Gasteiger partial charge on any atom is 0.139 e. The average molecular weight is 228 g/mol. The molecule has 5 heteroatoms. The lowest BCUT2D eigenvalue weighted by Crippen LogP contribution is -2.39. The molecular formula is C10H20N4S. The van der Waals surface area contributed by atoms with E-state index in [1.807, 2.05) is 6.07 Å². The Kier molecular flexibility index (Phi) is 4.35. The smallest absolute Gasteiger partial charge is 0.139 e. The van der Waals surface area contributed by atoms with Crippen molar-refractivity contribution in [1.82, 2.24) is 9.27 Å². The molecule has 0 fully saturated rings. The average Bonchev–Trinajstić information content (AvgIpc) is 2.51. The van der Waals surface area contributed by atoms with Crippen LogP contribution in [0.1, 0.15) is 13.8 Å². The Morgan fingerprint density at radius 1 is 1.53 bits per heavy atom. The van der Waals surface area contributed by atoms with Crippen LogP contribution in [0.15, 0.2) is 6.07 Å². The Morgan fingerprint density at radius 3 is 2.60 bits per heavy atom. The van der Waals surface area contributed by atoms with Crippen LogP contribution < -0.4 is 10.6 Å². The zero-order chi connectivity index (χ0) is 11.4. The van der Waals surface area contributed by atoms with Crippen LogP contribution in [0.5, 0.6) is 0 Å². The van der Waals surface area contributed by atoms with Gasteiger partial charge in [-0.05, 0) is 39.5 Å². The van der Waals surface area contributed by atoms with Crippen LogP contribution >= 0.6 is 11.5 Å². The zero-order valence-electron chi connectivity index (χ0n) is 9.90. The summed E-state index contributed by atoms with van der Waals surface area (Å²) in [5, 5.41) is 1.16. The molecule has 2 N–H and O–H groups in total. The lowest BCUT2D eigenvalue weighted by Gasteiger charge is -2.30. The summed E-state index contributed by atoms with van der Waals surface area (Å²) in [7, 11) is 4.18. The van der Waals surface area contributed by atoms with Gasteiger partial charge in [0.25, 0.3) is 0 Å². The summed E-state index contributed by atoms with van der Waals surface area (Å²) < 4.78 is 4.11. The van der Waals surface area contributed by atoms with Gasteiger partial charge < -0.3 is 15.5 Å². The minimum absolute atomic E-state index is 0.477. The molecular weight excluding hydrogens is 208 g/mol. The molecule has 0 bridgehead atoms. The van der Waals surface area contributed by atoms with E-state index in [-0.39, 0.29) is 0 Å². The summed E-state index contributed by atoms with van der Waals surface area (Å²) in [5.74, 6) is 0.616. The zero-order valence-corrected chi connectivity index (χ0v) is 10.7. The molecule has 1 unspecified atom stereocenters. The SMILES string of the molecule is CCN(c1cc(N)ns1)C(C)CN(C)C. The highest BCUT2D eigenvalue weighted by molar-refractivity contribution is 7.10. The van der Waals surface area contributed by atoms with Gasteiger partial charge in [-0.2, -0.15) is 4.37 Å². The van der Waals surface area contributed by atoms with Crippen molar-refractivity contribution in [2.75, 3.05) is 37.8 Å². The number of rotatable bonds is 5. The summed E-state index contributed by atoms with van der Waals surface area (Å²) in [5.41, 5.74) is 5.63. The van der Waals surface area contributed by atoms with E-state index in [4.69, 9.17) is 5.73 Å². The molecule has 0 aliphatic rings. The Balaban J connectivity index is 2.70. The fraction of sp³-hybridized carbons (Fsp3) is 0.700. The van der Waals surface area contributed by atoms with Crippen LogP contribution in [0, 0.1) is 0 Å². The molecule has 0 aliphatic heterocycles. The first-order chi connectivity index (χ1) is 7.04. The molecule has 0 saturated heterocycles. The minimum Gasteiger partial charge on any atom is -0.383 e. The molecule has 0 aromatic carbocycles. The molecule has 86 valence electrons. The predicted octanol–water partition coefficient (Wildman–Crippen LogP) is 1.50. The van der Waals surface area contributed by atoms with Gasteiger partial charge in [-0.25, -0.2) is 0 Å². The predicted molar refractivity (Wildman–Crippen MR) is 67.6 cm³/mol. The van der Waals surface area contributed by atoms with E-state index >= 15 is 0 Å². The third kappa shape index (κ3) is 3.35. The number of likely N-dealkylation sites (N-methyl/N-ethyl adjacent to an activating group) is 2. The molecule has 0 radical (unpaired) electrons. The topological polar surface area (TPSA) is 45.4 Å². The molecule has 1 rings (SSSR count). The summed E-state index contributed by atoms with van der Waals surface area (Å²) in [4.78, 5) is 4.52. The molecule has 0 spiro atoms. The van der Waals surface area contributed by atoms with Gasteiger partial charge in [0.1, 0.15) is 10.8 Å². The summed E-state index contributed by atoms with van der Waals surface area (Å²) >= 11 is 1.47. The monoisotopic (exact) mass is 228 g/mol. The van der Waals surface area contributed by atoms with E-state index in [1.165, 1.54) is 11.5 Å². The Labute approximate surface area is 95.8 Å². The fourth-order valence-electron chi connectivity index (χ4n) is 1.73. The van der Waals surface area contributed by atoms with Gasteiger partial charge in [0.2, 0.25) is 0 Å². The van der Waals surface area contributed by atoms with E-state index < -0.39 is 0 Å². The van der Waals surface area contributed by atoms with E-state index in [0.717, 1.165) is 18.1 Å². The largest absolute Gasteiger partial charge is 0.383 e. The quantitative estimate of drug-likeness (QED) is 0.829. The summed E-state index contributed by atoms with van der Waals surface area (Å²) in [6, 6.07) is 2.42. The molecule has 15 heavy (non-hydrogen) atoms. The van der Waals surface area contributed by atoms with Crippen molar-refractivity contribution < 1.29 is 0 Å². The first-order valence-corrected chi connectivity index (χ1v) is 5.95. The van der Waals surface area contributed by atoms with Crippen LogP contribution in [-0.4, -0.2) is 42.5 Å². The lowest BCUT2D eigenvalue weighted by atomic mass is 10.2. The molecule has 1 aromatic heterocycles. The lowest BCUT2D eigenvalue weighted by molar-refractivity contribution is 0.373. The van der Waals surface area contributed by atoms with Gasteiger partial charge in [-0.15, -0.1) is 0 Å². The molecule has 4 nitrogen and oxygen atoms in total. The molecule has 0 aliphatic carbocycles. The van der Waals surface area contributed by atoms with E-state index in [0.29, 0.717) is 11.9 Å². The van der Waals surface area contributed by atoms with Crippen molar-refractivity contribution in [2.24, 2.45) is 0 Å². The first-order valence-electron chi connectivity index (χ1n) is 5.18. The molecule has 0 amide bonds. The van der Waals surface area contributed by atoms with Crippen molar-refractivity contribution >= 4 is 22.4 Å². The van der Waals surface area contributed by atoms with Crippen molar-refractivity contribution in [2.45, 2.75) is 19.9 Å². The van der Waals surface area contributed by atoms with Crippen LogP contribution in [0.2, 0.25) is 0 Å². The van der Waals surface area contributed by atoms with Gasteiger partial charge in [-0.3, -0.25) is 0 Å². The van der Waals surface area contributed by atoms with Gasteiger partial charge in [0.05, 0.1) is 0 Å². The normalized spacial score (nSPS) is 13.1. The Morgan fingerprint density at radius 2 is 2.20 bits per heavy atom. The van der Waals surface area contributed by atoms with Crippen molar-refractivity contribution in [3.63, 3.8) is 0 Å². The number of hydrogen-bond donors (Lipinski definition) is 1. The van der Waals surface area contributed by atoms with E-state index in [1.54, 1.807) is 0 Å². The maximum absolute atomic E-state index is 5.63. The van der Waals surface area contributed by atoms with Crippen LogP contribution in [-0.2, 0) is 0 Å². The van der Waals surface area contributed by atoms with Crippen LogP contribution in [0.3, 0.4) is 0 Å². The number of nitrogens with zero attached hydrogens (tertiary/aromatic N) is 3. The van der Waals surface area contributed by atoms with Gasteiger partial charge >= 0.3 is 0 Å². The minimum atomic E-state index is 0.477. The highest BCUT2D eigenvalue weighted by Crippen LogP contribution is 2.24. The second-order valence-electron chi connectivity index (χ2n) is 3.99. The van der Waals surface area contributed by atoms with Crippen molar-refractivity contribution in [3.05, 3.63) is 6.07 Å². The van der Waals surface area contributed by atoms with E-state index in [9.17, 15) is 0 Å². The second-order valence-corrected chi connectivity index (χ2v) is 4.77. The fourth-order valence-corrected chi connectivity index (χ4v) is 2.56. The third-order valence-corrected chi connectivity index (χ3v) is 3.14. The molecule has 0 saturated carbocycles. The van der Waals surface area contributed by atoms with Gasteiger partial charge in [0, 0.05) is 25.2 Å². The number of hydrogen-bond acceptors (Lipinski definition) is 5. The van der Waals surface area contributed by atoms with Gasteiger partial charge in [0.15, 0.2) is 0 Å². The highest BCUT2D eigenvalue weighted by Gasteiger charge is 2.15. The maximum atomic E-state index is 5.63. The molecule has 1 atom stereocenters. The van der Waals surface area contributed by atoms with Gasteiger partial charge in [-0.1, -0.05) is 0 Å². The van der Waals surface area contributed by atoms with Crippen LogP contribution in [0.25, 0.3) is 0 Å². The van der Waals surface area contributed by atoms with Crippen molar-refractivity contribution in [3.8, 4) is 0 Å². The van der Waals surface area contributed by atoms with Crippen molar-refractivity contribution in [1.29, 1.82) is 0 Å². The summed E-state index contributed by atoms with van der Waals surface area (Å²) in [6.07, 6.45) is 0. The number of aromatic nitrogens is 1. The number of nitrogen functional groups attached to an aromatic ring is 1. The standard InChI is InChI=1S/C10H20N4S/c1-5-14(8(2)7-13(3)4)10-6-9(11)12-15-10/h6,8H,5,7H2,1-4H3,(H2,11,12). The second kappa shape index (κ2) is 5.32. The van der Waals surface area contributed by atoms with Crippen LogP contribution in [0.4, 0.5) is 10.8 Å². The third-order valence-electron chi connectivity index (χ3n) is 2.30. The summed E-state index contributed by atoms with van der Waals surface area (Å²) in [6.45, 7) is 6.39. The highest BCUT2D eigenvalue weighted by atomic mass is 32.1. The molecule has 1 heterocycles. The number of anilines is 2. The first kappa shape index (κ1) is 12.3. The number of nitrogens with two attached hydrogens (primary N) is 1. The van der Waals surface area contributed by atoms with E-state index in [2.05, 4.69) is 42.1 Å². The molecule has 1 aromatic rings. The Bertz CT molecular complexity index is 297. The Hall–Kier alpha value is -0.810.